The van der Waals surface area contributed by atoms with E-state index in [1.54, 1.807) is 0 Å². The predicted molar refractivity (Wildman–Crippen MR) is 201 cm³/mol. The first-order chi connectivity index (χ1) is 24.2. The van der Waals surface area contributed by atoms with Gasteiger partial charge in [-0.25, -0.2) is 15.0 Å². The molecule has 0 saturated carbocycles. The summed E-state index contributed by atoms with van der Waals surface area (Å²) in [5.74, 6) is 1.80. The molecule has 0 saturated heterocycles. The number of hydrogen-bond donors (Lipinski definition) is 0. The molecule has 4 nitrogen and oxygen atoms in total. The Hall–Kier alpha value is -6.65. The third kappa shape index (κ3) is 4.65. The van der Waals surface area contributed by atoms with Gasteiger partial charge in [-0.3, -0.25) is 0 Å². The Bertz CT molecular complexity index is 2870. The summed E-state index contributed by atoms with van der Waals surface area (Å²) < 4.78 is 6.74. The first-order valence-electron chi connectivity index (χ1n) is 16.4. The van der Waals surface area contributed by atoms with E-state index >= 15 is 0 Å². The molecule has 2 heterocycles. The van der Waals surface area contributed by atoms with E-state index in [0.717, 1.165) is 60.4 Å². The summed E-state index contributed by atoms with van der Waals surface area (Å²) in [6, 6.07) is 57.0. The monoisotopic (exact) mass is 625 g/mol. The Balaban J connectivity index is 1.19. The third-order valence-corrected chi connectivity index (χ3v) is 9.47. The standard InChI is InChI=1S/C45H27N3O/c1-2-11-30(12-3-1)43-46-44(31-21-18-29(19-22-31)35-23-20-28-10-4-5-13-32(28)24-35)48-45(47-43)41-37-17-9-8-16-36(37)26-39-38-25-33-14-6-7-15-34(33)27-40(38)49-42(39)41/h1-27H. The van der Waals surface area contributed by atoms with Crippen molar-refractivity contribution in [2.75, 3.05) is 0 Å². The van der Waals surface area contributed by atoms with Crippen molar-refractivity contribution in [3.05, 3.63) is 164 Å². The van der Waals surface area contributed by atoms with Crippen LogP contribution < -0.4 is 0 Å². The fraction of sp³-hybridized carbons (Fsp3) is 0. The second-order valence-corrected chi connectivity index (χ2v) is 12.5. The van der Waals surface area contributed by atoms with Gasteiger partial charge in [0, 0.05) is 21.9 Å². The van der Waals surface area contributed by atoms with Crippen LogP contribution in [-0.2, 0) is 0 Å². The van der Waals surface area contributed by atoms with Gasteiger partial charge in [0.25, 0.3) is 0 Å². The summed E-state index contributed by atoms with van der Waals surface area (Å²) in [5.41, 5.74) is 6.62. The molecule has 0 unspecified atom stereocenters. The van der Waals surface area contributed by atoms with E-state index in [-0.39, 0.29) is 0 Å². The van der Waals surface area contributed by atoms with E-state index in [9.17, 15) is 0 Å². The molecule has 0 aliphatic rings. The second-order valence-electron chi connectivity index (χ2n) is 12.5. The van der Waals surface area contributed by atoms with Gasteiger partial charge in [0.05, 0.1) is 5.56 Å². The summed E-state index contributed by atoms with van der Waals surface area (Å²) in [6.45, 7) is 0. The minimum atomic E-state index is 0.577. The van der Waals surface area contributed by atoms with Crippen molar-refractivity contribution in [2.24, 2.45) is 0 Å². The highest BCUT2D eigenvalue weighted by Crippen LogP contribution is 2.42. The van der Waals surface area contributed by atoms with E-state index in [1.807, 2.05) is 30.3 Å². The van der Waals surface area contributed by atoms with Crippen LogP contribution in [-0.4, -0.2) is 15.0 Å². The zero-order valence-corrected chi connectivity index (χ0v) is 26.3. The largest absolute Gasteiger partial charge is 0.455 e. The highest BCUT2D eigenvalue weighted by molar-refractivity contribution is 6.19. The summed E-state index contributed by atoms with van der Waals surface area (Å²) in [7, 11) is 0. The minimum absolute atomic E-state index is 0.577. The number of rotatable bonds is 4. The number of fused-ring (bicyclic) bond motifs is 6. The molecule has 10 aromatic rings. The molecule has 0 radical (unpaired) electrons. The van der Waals surface area contributed by atoms with Crippen LogP contribution >= 0.6 is 0 Å². The number of nitrogens with zero attached hydrogens (tertiary/aromatic N) is 3. The maximum absolute atomic E-state index is 6.74. The van der Waals surface area contributed by atoms with Crippen molar-refractivity contribution in [3.63, 3.8) is 0 Å². The van der Waals surface area contributed by atoms with E-state index in [0.29, 0.717) is 17.5 Å². The summed E-state index contributed by atoms with van der Waals surface area (Å²) >= 11 is 0. The fourth-order valence-electron chi connectivity index (χ4n) is 6.99. The zero-order chi connectivity index (χ0) is 32.3. The van der Waals surface area contributed by atoms with Gasteiger partial charge in [-0.05, 0) is 67.7 Å². The Morgan fingerprint density at radius 1 is 0.327 bits per heavy atom. The van der Waals surface area contributed by atoms with Crippen LogP contribution in [0.2, 0.25) is 0 Å². The van der Waals surface area contributed by atoms with Gasteiger partial charge in [-0.2, -0.15) is 0 Å². The van der Waals surface area contributed by atoms with E-state index in [1.165, 1.54) is 21.7 Å². The smallest absolute Gasteiger partial charge is 0.168 e. The summed E-state index contributed by atoms with van der Waals surface area (Å²) in [4.78, 5) is 15.4. The van der Waals surface area contributed by atoms with Crippen LogP contribution in [0.4, 0.5) is 0 Å². The molecule has 8 aromatic carbocycles. The molecule has 0 amide bonds. The van der Waals surface area contributed by atoms with Crippen LogP contribution in [0.25, 0.3) is 99.5 Å². The van der Waals surface area contributed by atoms with Gasteiger partial charge >= 0.3 is 0 Å². The molecule has 0 bridgehead atoms. The van der Waals surface area contributed by atoms with E-state index in [4.69, 9.17) is 19.4 Å². The molecule has 2 aromatic heterocycles. The summed E-state index contributed by atoms with van der Waals surface area (Å²) in [6.07, 6.45) is 0. The maximum Gasteiger partial charge on any atom is 0.168 e. The van der Waals surface area contributed by atoms with Crippen molar-refractivity contribution in [1.29, 1.82) is 0 Å². The lowest BCUT2D eigenvalue weighted by Gasteiger charge is -2.11. The molecule has 0 atom stereocenters. The highest BCUT2D eigenvalue weighted by Gasteiger charge is 2.21. The zero-order valence-electron chi connectivity index (χ0n) is 26.3. The lowest BCUT2D eigenvalue weighted by atomic mass is 9.98. The van der Waals surface area contributed by atoms with Gasteiger partial charge in [-0.15, -0.1) is 0 Å². The van der Waals surface area contributed by atoms with Crippen LogP contribution in [0, 0.1) is 0 Å². The molecule has 0 aliphatic heterocycles. The molecule has 4 heteroatoms. The fourth-order valence-corrected chi connectivity index (χ4v) is 6.99. The molecule has 0 fully saturated rings. The Kier molecular flexibility index (Phi) is 6.15. The van der Waals surface area contributed by atoms with Crippen molar-refractivity contribution < 1.29 is 4.42 Å². The maximum atomic E-state index is 6.74. The Morgan fingerprint density at radius 3 is 1.61 bits per heavy atom. The van der Waals surface area contributed by atoms with Crippen molar-refractivity contribution in [3.8, 4) is 45.3 Å². The quantitative estimate of drug-likeness (QED) is 0.195. The lowest BCUT2D eigenvalue weighted by Crippen LogP contribution is -2.01. The molecular weight excluding hydrogens is 599 g/mol. The van der Waals surface area contributed by atoms with Crippen LogP contribution in [0.1, 0.15) is 0 Å². The minimum Gasteiger partial charge on any atom is -0.455 e. The first kappa shape index (κ1) is 27.5. The third-order valence-electron chi connectivity index (χ3n) is 9.47. The lowest BCUT2D eigenvalue weighted by molar-refractivity contribution is 0.670. The molecule has 0 N–H and O–H groups in total. The van der Waals surface area contributed by atoms with Crippen molar-refractivity contribution >= 4 is 54.3 Å². The van der Waals surface area contributed by atoms with Crippen molar-refractivity contribution in [2.45, 2.75) is 0 Å². The van der Waals surface area contributed by atoms with Gasteiger partial charge in [-0.1, -0.05) is 140 Å². The normalized spacial score (nSPS) is 11.7. The van der Waals surface area contributed by atoms with Gasteiger partial charge < -0.3 is 4.42 Å². The van der Waals surface area contributed by atoms with Crippen LogP contribution in [0.15, 0.2) is 168 Å². The number of benzene rings is 8. The molecule has 49 heavy (non-hydrogen) atoms. The predicted octanol–water partition coefficient (Wildman–Crippen LogP) is 11.9. The van der Waals surface area contributed by atoms with E-state index in [2.05, 4.69) is 133 Å². The van der Waals surface area contributed by atoms with Crippen LogP contribution in [0.5, 0.6) is 0 Å². The average molecular weight is 626 g/mol. The molecule has 0 aliphatic carbocycles. The Morgan fingerprint density at radius 2 is 0.857 bits per heavy atom. The SMILES string of the molecule is c1ccc(-c2nc(-c3ccc(-c4ccc5ccccc5c4)cc3)nc(-c3c4ccccc4cc4c3oc3cc5ccccc5cc34)n2)cc1. The number of aromatic nitrogens is 3. The van der Waals surface area contributed by atoms with E-state index < -0.39 is 0 Å². The molecular formula is C45H27N3O. The van der Waals surface area contributed by atoms with Crippen molar-refractivity contribution in [1.82, 2.24) is 15.0 Å². The number of hydrogen-bond acceptors (Lipinski definition) is 4. The average Bonchev–Trinajstić information content (AvgIpc) is 3.52. The first-order valence-corrected chi connectivity index (χ1v) is 16.4. The Labute approximate surface area is 282 Å². The van der Waals surface area contributed by atoms with Gasteiger partial charge in [0.1, 0.15) is 11.2 Å². The highest BCUT2D eigenvalue weighted by atomic mass is 16.3. The van der Waals surface area contributed by atoms with Gasteiger partial charge in [0.15, 0.2) is 17.5 Å². The van der Waals surface area contributed by atoms with Gasteiger partial charge in [0.2, 0.25) is 0 Å². The second kappa shape index (κ2) is 11.0. The molecule has 10 rings (SSSR count). The summed E-state index contributed by atoms with van der Waals surface area (Å²) in [5, 5.41) is 9.01. The van der Waals surface area contributed by atoms with Crippen LogP contribution in [0.3, 0.4) is 0 Å². The number of furan rings is 1. The topological polar surface area (TPSA) is 51.8 Å². The molecule has 228 valence electrons. The molecule has 0 spiro atoms.